The minimum absolute atomic E-state index is 0.667. The van der Waals surface area contributed by atoms with Crippen LogP contribution in [0.25, 0.3) is 6.08 Å². The first-order valence-electron chi connectivity index (χ1n) is 8.99. The van der Waals surface area contributed by atoms with Crippen LogP contribution < -0.4 is 10.2 Å². The van der Waals surface area contributed by atoms with E-state index in [9.17, 15) is 0 Å². The lowest BCUT2D eigenvalue weighted by molar-refractivity contribution is -0.699. The Morgan fingerprint density at radius 2 is 2.12 bits per heavy atom. The summed E-state index contributed by atoms with van der Waals surface area (Å²) in [6.45, 7) is 0.769. The highest BCUT2D eigenvalue weighted by atomic mass is 15.4. The van der Waals surface area contributed by atoms with Crippen LogP contribution in [0.15, 0.2) is 72.0 Å². The molecule has 3 aliphatic rings. The number of hydrogen-bond donors (Lipinski definition) is 3. The average Bonchev–Trinajstić information content (AvgIpc) is 3.22. The van der Waals surface area contributed by atoms with Crippen molar-refractivity contribution in [1.82, 2.24) is 15.1 Å². The SMILES string of the molecule is C1=C[NH+]2C(Nc3cc(C4CC4)[nH]n3)=CN(/C=C/c3ccccc3)CC2=N1. The van der Waals surface area contributed by atoms with Crippen LogP contribution in [-0.4, -0.2) is 27.5 Å². The minimum Gasteiger partial charge on any atom is -0.336 e. The van der Waals surface area contributed by atoms with Gasteiger partial charge in [-0.25, -0.2) is 9.89 Å². The quantitative estimate of drug-likeness (QED) is 0.779. The van der Waals surface area contributed by atoms with Gasteiger partial charge in [0.2, 0.25) is 11.7 Å². The average molecular weight is 345 g/mol. The Hall–Kier alpha value is -3.12. The number of aromatic amines is 1. The molecule has 0 spiro atoms. The molecule has 0 saturated heterocycles. The maximum Gasteiger partial charge on any atom is 0.232 e. The number of aliphatic imine (C=N–C) groups is 1. The number of fused-ring (bicyclic) bond motifs is 1. The number of rotatable bonds is 5. The molecule has 2 aromatic rings. The maximum atomic E-state index is 4.51. The van der Waals surface area contributed by atoms with Gasteiger partial charge in [-0.05, 0) is 24.5 Å². The van der Waals surface area contributed by atoms with Crippen molar-refractivity contribution in [3.63, 3.8) is 0 Å². The van der Waals surface area contributed by atoms with Crippen LogP contribution in [0.3, 0.4) is 0 Å². The molecule has 3 heterocycles. The fourth-order valence-electron chi connectivity index (χ4n) is 3.28. The van der Waals surface area contributed by atoms with E-state index in [1.807, 2.05) is 24.4 Å². The summed E-state index contributed by atoms with van der Waals surface area (Å²) in [5, 5.41) is 11.0. The predicted molar refractivity (Wildman–Crippen MR) is 102 cm³/mol. The summed E-state index contributed by atoms with van der Waals surface area (Å²) in [5.41, 5.74) is 2.41. The summed E-state index contributed by atoms with van der Waals surface area (Å²) in [6.07, 6.45) is 12.8. The van der Waals surface area contributed by atoms with E-state index in [1.54, 1.807) is 0 Å². The summed E-state index contributed by atoms with van der Waals surface area (Å²) in [7, 11) is 0. The second kappa shape index (κ2) is 6.31. The van der Waals surface area contributed by atoms with Crippen LogP contribution in [-0.2, 0) is 0 Å². The number of nitrogens with one attached hydrogen (secondary N) is 3. The van der Waals surface area contributed by atoms with Crippen molar-refractivity contribution in [2.45, 2.75) is 18.8 Å². The molecule has 26 heavy (non-hydrogen) atoms. The fraction of sp³-hybridized carbons (Fsp3) is 0.200. The van der Waals surface area contributed by atoms with Crippen molar-refractivity contribution >= 4 is 17.7 Å². The zero-order valence-corrected chi connectivity index (χ0v) is 14.4. The molecule has 0 radical (unpaired) electrons. The van der Waals surface area contributed by atoms with Crippen molar-refractivity contribution in [3.05, 3.63) is 78.3 Å². The number of aromatic nitrogens is 2. The lowest BCUT2D eigenvalue weighted by Gasteiger charge is -2.26. The molecule has 1 aliphatic carbocycles. The van der Waals surface area contributed by atoms with Crippen LogP contribution in [0.5, 0.6) is 0 Å². The predicted octanol–water partition coefficient (Wildman–Crippen LogP) is 2.25. The van der Waals surface area contributed by atoms with Gasteiger partial charge >= 0.3 is 0 Å². The highest BCUT2D eigenvalue weighted by Gasteiger charge is 2.31. The van der Waals surface area contributed by atoms with Crippen molar-refractivity contribution in [1.29, 1.82) is 0 Å². The van der Waals surface area contributed by atoms with Gasteiger partial charge in [-0.3, -0.25) is 10.4 Å². The molecule has 6 nitrogen and oxygen atoms in total. The fourth-order valence-corrected chi connectivity index (χ4v) is 3.28. The van der Waals surface area contributed by atoms with E-state index in [0.29, 0.717) is 5.92 Å². The van der Waals surface area contributed by atoms with Gasteiger partial charge in [0.15, 0.2) is 5.82 Å². The Bertz CT molecular complexity index is 917. The smallest absolute Gasteiger partial charge is 0.232 e. The molecule has 5 rings (SSSR count). The van der Waals surface area contributed by atoms with Crippen molar-refractivity contribution < 1.29 is 4.90 Å². The molecule has 1 atom stereocenters. The van der Waals surface area contributed by atoms with Gasteiger partial charge in [-0.15, -0.1) is 0 Å². The van der Waals surface area contributed by atoms with Gasteiger partial charge in [0, 0.05) is 23.9 Å². The molecule has 1 saturated carbocycles. The third kappa shape index (κ3) is 3.07. The van der Waals surface area contributed by atoms with Crippen LogP contribution in [0.2, 0.25) is 0 Å². The minimum atomic E-state index is 0.667. The Kier molecular flexibility index (Phi) is 3.68. The lowest BCUT2D eigenvalue weighted by atomic mass is 10.2. The highest BCUT2D eigenvalue weighted by molar-refractivity contribution is 5.80. The molecule has 6 heteroatoms. The van der Waals surface area contributed by atoms with Crippen LogP contribution in [0.4, 0.5) is 5.82 Å². The van der Waals surface area contributed by atoms with Gasteiger partial charge in [0.25, 0.3) is 0 Å². The number of anilines is 1. The van der Waals surface area contributed by atoms with Crippen molar-refractivity contribution in [2.24, 2.45) is 4.99 Å². The maximum absolute atomic E-state index is 4.51. The first-order valence-corrected chi connectivity index (χ1v) is 8.99. The highest BCUT2D eigenvalue weighted by Crippen LogP contribution is 2.39. The summed E-state index contributed by atoms with van der Waals surface area (Å²) in [5.74, 6) is 3.63. The topological polar surface area (TPSA) is 60.8 Å². The Morgan fingerprint density at radius 3 is 2.96 bits per heavy atom. The van der Waals surface area contributed by atoms with E-state index in [-0.39, 0.29) is 0 Å². The second-order valence-electron chi connectivity index (χ2n) is 6.85. The molecule has 2 aliphatic heterocycles. The number of H-pyrrole nitrogens is 1. The zero-order valence-electron chi connectivity index (χ0n) is 14.4. The van der Waals surface area contributed by atoms with E-state index in [1.165, 1.54) is 24.1 Å². The standard InChI is InChI=1S/C20H20N6/c1-2-4-15(5-3-1)8-10-25-13-19-21-9-11-26(19)20(14-25)22-18-12-17(23-24-18)16-6-7-16/h1-5,8-12,14,16H,6-7,13H2,(H2,22,23,24)/p+1/b10-8+. The van der Waals surface area contributed by atoms with Crippen LogP contribution >= 0.6 is 0 Å². The molecule has 1 unspecified atom stereocenters. The molecule has 1 aromatic heterocycles. The third-order valence-corrected chi connectivity index (χ3v) is 4.84. The van der Waals surface area contributed by atoms with Gasteiger partial charge in [0.1, 0.15) is 12.7 Å². The Labute approximate surface area is 152 Å². The van der Waals surface area contributed by atoms with E-state index in [2.05, 4.69) is 68.3 Å². The number of quaternary nitrogens is 1. The Morgan fingerprint density at radius 1 is 1.23 bits per heavy atom. The van der Waals surface area contributed by atoms with Gasteiger partial charge < -0.3 is 4.90 Å². The monoisotopic (exact) mass is 345 g/mol. The van der Waals surface area contributed by atoms with E-state index < -0.39 is 0 Å². The summed E-state index contributed by atoms with van der Waals surface area (Å²) < 4.78 is 0. The molecule has 130 valence electrons. The van der Waals surface area contributed by atoms with E-state index in [4.69, 9.17) is 0 Å². The Balaban J connectivity index is 1.37. The number of hydrogen-bond acceptors (Lipinski definition) is 4. The molecule has 3 N–H and O–H groups in total. The molecule has 1 aromatic carbocycles. The first kappa shape index (κ1) is 15.2. The van der Waals surface area contributed by atoms with E-state index >= 15 is 0 Å². The van der Waals surface area contributed by atoms with Crippen molar-refractivity contribution in [3.8, 4) is 0 Å². The van der Waals surface area contributed by atoms with Crippen LogP contribution in [0.1, 0.15) is 30.0 Å². The molecule has 0 amide bonds. The van der Waals surface area contributed by atoms with E-state index in [0.717, 1.165) is 28.9 Å². The van der Waals surface area contributed by atoms with Gasteiger partial charge in [-0.2, -0.15) is 5.10 Å². The molecular weight excluding hydrogens is 324 g/mol. The number of benzene rings is 1. The second-order valence-corrected chi connectivity index (χ2v) is 6.85. The number of nitrogens with zero attached hydrogens (tertiary/aromatic N) is 3. The first-order chi connectivity index (χ1) is 12.8. The van der Waals surface area contributed by atoms with Gasteiger partial charge in [0.05, 0.1) is 12.4 Å². The largest absolute Gasteiger partial charge is 0.336 e. The lowest BCUT2D eigenvalue weighted by Crippen LogP contribution is -3.10. The molecule has 0 bridgehead atoms. The normalized spacial score (nSPS) is 21.7. The van der Waals surface area contributed by atoms with Crippen LogP contribution in [0, 0.1) is 0 Å². The summed E-state index contributed by atoms with van der Waals surface area (Å²) in [6, 6.07) is 12.4. The summed E-state index contributed by atoms with van der Waals surface area (Å²) >= 11 is 0. The zero-order chi connectivity index (χ0) is 17.3. The summed E-state index contributed by atoms with van der Waals surface area (Å²) in [4.78, 5) is 7.81. The number of amidine groups is 1. The molecule has 1 fully saturated rings. The van der Waals surface area contributed by atoms with Gasteiger partial charge in [-0.1, -0.05) is 30.3 Å². The molecular formula is C20H21N6+. The third-order valence-electron chi connectivity index (χ3n) is 4.84. The van der Waals surface area contributed by atoms with Crippen molar-refractivity contribution in [2.75, 3.05) is 11.9 Å².